The monoisotopic (exact) mass is 289 g/mol. The Bertz CT molecular complexity index is 559. The number of amides is 1. The second-order valence-corrected chi connectivity index (χ2v) is 6.08. The Morgan fingerprint density at radius 2 is 2.35 bits per heavy atom. The molecule has 4 heteroatoms. The Morgan fingerprint density at radius 1 is 1.55 bits per heavy atom. The Balaban J connectivity index is 2.34. The van der Waals surface area contributed by atoms with Crippen molar-refractivity contribution in [3.63, 3.8) is 0 Å². The van der Waals surface area contributed by atoms with Crippen molar-refractivity contribution >= 4 is 17.7 Å². The van der Waals surface area contributed by atoms with Crippen LogP contribution in [0.1, 0.15) is 28.4 Å². The highest BCUT2D eigenvalue weighted by Crippen LogP contribution is 2.21. The van der Waals surface area contributed by atoms with Crippen LogP contribution in [0.2, 0.25) is 0 Å². The second kappa shape index (κ2) is 6.83. The van der Waals surface area contributed by atoms with Crippen molar-refractivity contribution < 1.29 is 9.90 Å². The van der Waals surface area contributed by atoms with Gasteiger partial charge in [-0.2, -0.15) is 11.8 Å². The highest BCUT2D eigenvalue weighted by Gasteiger charge is 2.25. The number of thioether (sulfide) groups is 1. The predicted octanol–water partition coefficient (Wildman–Crippen LogP) is 1.92. The van der Waals surface area contributed by atoms with E-state index in [2.05, 4.69) is 18.8 Å². The van der Waals surface area contributed by atoms with Crippen LogP contribution >= 0.6 is 11.8 Å². The molecule has 1 unspecified atom stereocenters. The fourth-order valence-corrected chi connectivity index (χ4v) is 3.28. The average Bonchev–Trinajstić information content (AvgIpc) is 2.46. The van der Waals surface area contributed by atoms with Gasteiger partial charge in [0, 0.05) is 29.7 Å². The van der Waals surface area contributed by atoms with Gasteiger partial charge in [-0.3, -0.25) is 4.79 Å². The molecule has 0 aliphatic carbocycles. The van der Waals surface area contributed by atoms with Crippen LogP contribution in [0, 0.1) is 18.8 Å². The number of aryl methyl sites for hydroxylation is 1. The number of aliphatic hydroxyl groups excluding tert-OH is 1. The fourth-order valence-electron chi connectivity index (χ4n) is 2.26. The zero-order valence-electron chi connectivity index (χ0n) is 11.8. The molecule has 0 aromatic heterocycles. The molecule has 1 aromatic rings. The molecule has 1 atom stereocenters. The van der Waals surface area contributed by atoms with Gasteiger partial charge in [-0.15, -0.1) is 0 Å². The fraction of sp³-hybridized carbons (Fsp3) is 0.438. The third-order valence-electron chi connectivity index (χ3n) is 3.34. The molecule has 1 saturated heterocycles. The molecule has 20 heavy (non-hydrogen) atoms. The molecule has 1 heterocycles. The van der Waals surface area contributed by atoms with Crippen molar-refractivity contribution in [1.82, 2.24) is 4.90 Å². The minimum Gasteiger partial charge on any atom is -0.384 e. The van der Waals surface area contributed by atoms with E-state index in [1.807, 2.05) is 41.8 Å². The van der Waals surface area contributed by atoms with Crippen molar-refractivity contribution in [3.05, 3.63) is 34.9 Å². The lowest BCUT2D eigenvalue weighted by atomic mass is 10.0. The number of hydrogen-bond acceptors (Lipinski definition) is 3. The summed E-state index contributed by atoms with van der Waals surface area (Å²) in [4.78, 5) is 14.7. The lowest BCUT2D eigenvalue weighted by molar-refractivity contribution is 0.0715. The van der Waals surface area contributed by atoms with Crippen LogP contribution in [0.25, 0.3) is 0 Å². The van der Waals surface area contributed by atoms with Gasteiger partial charge in [0.1, 0.15) is 6.61 Å². The van der Waals surface area contributed by atoms with Gasteiger partial charge in [-0.25, -0.2) is 0 Å². The third kappa shape index (κ3) is 3.36. The summed E-state index contributed by atoms with van der Waals surface area (Å²) in [6.45, 7) is 4.64. The van der Waals surface area contributed by atoms with Crippen LogP contribution in [0.3, 0.4) is 0 Å². The highest BCUT2D eigenvalue weighted by atomic mass is 32.2. The van der Waals surface area contributed by atoms with Crippen LogP contribution in [0.15, 0.2) is 18.2 Å². The highest BCUT2D eigenvalue weighted by molar-refractivity contribution is 7.99. The van der Waals surface area contributed by atoms with Crippen molar-refractivity contribution in [2.45, 2.75) is 19.9 Å². The Morgan fingerprint density at radius 3 is 3.05 bits per heavy atom. The van der Waals surface area contributed by atoms with E-state index in [-0.39, 0.29) is 18.6 Å². The minimum absolute atomic E-state index is 0.0451. The van der Waals surface area contributed by atoms with Gasteiger partial charge >= 0.3 is 0 Å². The summed E-state index contributed by atoms with van der Waals surface area (Å²) in [5.74, 6) is 7.51. The van der Waals surface area contributed by atoms with Gasteiger partial charge in [0.25, 0.3) is 5.91 Å². The number of benzene rings is 1. The van der Waals surface area contributed by atoms with Crippen LogP contribution in [0.5, 0.6) is 0 Å². The van der Waals surface area contributed by atoms with Crippen molar-refractivity contribution in [2.24, 2.45) is 0 Å². The largest absolute Gasteiger partial charge is 0.384 e. The van der Waals surface area contributed by atoms with E-state index >= 15 is 0 Å². The maximum absolute atomic E-state index is 12.7. The molecule has 0 radical (unpaired) electrons. The lowest BCUT2D eigenvalue weighted by Gasteiger charge is -2.33. The van der Waals surface area contributed by atoms with E-state index in [0.29, 0.717) is 11.1 Å². The Labute approximate surface area is 124 Å². The summed E-state index contributed by atoms with van der Waals surface area (Å²) < 4.78 is 0. The minimum atomic E-state index is -0.196. The molecule has 3 nitrogen and oxygen atoms in total. The van der Waals surface area contributed by atoms with E-state index in [4.69, 9.17) is 5.11 Å². The van der Waals surface area contributed by atoms with Crippen molar-refractivity contribution in [2.75, 3.05) is 24.7 Å². The maximum atomic E-state index is 12.7. The molecule has 1 aromatic carbocycles. The molecule has 2 rings (SSSR count). The zero-order chi connectivity index (χ0) is 14.5. The molecule has 0 bridgehead atoms. The molecule has 1 aliphatic rings. The molecule has 1 fully saturated rings. The molecular formula is C16H19NO2S. The van der Waals surface area contributed by atoms with E-state index in [9.17, 15) is 4.79 Å². The number of nitrogens with zero attached hydrogens (tertiary/aromatic N) is 1. The van der Waals surface area contributed by atoms with Gasteiger partial charge < -0.3 is 10.0 Å². The van der Waals surface area contributed by atoms with Gasteiger partial charge in [0.2, 0.25) is 0 Å². The average molecular weight is 289 g/mol. The van der Waals surface area contributed by atoms with E-state index in [1.165, 1.54) is 0 Å². The molecule has 1 aliphatic heterocycles. The van der Waals surface area contributed by atoms with Crippen LogP contribution in [0.4, 0.5) is 0 Å². The maximum Gasteiger partial charge on any atom is 0.255 e. The zero-order valence-corrected chi connectivity index (χ0v) is 12.7. The molecule has 1 N–H and O–H groups in total. The molecule has 106 valence electrons. The van der Waals surface area contributed by atoms with Gasteiger partial charge in [0.05, 0.1) is 5.56 Å². The van der Waals surface area contributed by atoms with E-state index in [0.717, 1.165) is 23.6 Å². The van der Waals surface area contributed by atoms with Crippen LogP contribution in [-0.4, -0.2) is 46.6 Å². The summed E-state index contributed by atoms with van der Waals surface area (Å²) in [6.07, 6.45) is 0. The molecule has 0 saturated carbocycles. The third-order valence-corrected chi connectivity index (χ3v) is 4.53. The lowest BCUT2D eigenvalue weighted by Crippen LogP contribution is -2.44. The first-order valence-electron chi connectivity index (χ1n) is 6.72. The molecule has 0 spiro atoms. The second-order valence-electron chi connectivity index (χ2n) is 4.93. The smallest absolute Gasteiger partial charge is 0.255 e. The number of hydrogen-bond donors (Lipinski definition) is 1. The topological polar surface area (TPSA) is 40.5 Å². The van der Waals surface area contributed by atoms with Crippen LogP contribution in [-0.2, 0) is 0 Å². The van der Waals surface area contributed by atoms with Crippen molar-refractivity contribution in [3.8, 4) is 11.8 Å². The SMILES string of the molecule is Cc1ccc(C#CCO)c(C(=O)N2CCSCC2C)c1. The number of aliphatic hydroxyl groups is 1. The number of carbonyl (C=O) groups is 1. The number of rotatable bonds is 1. The quantitative estimate of drug-likeness (QED) is 0.803. The normalized spacial score (nSPS) is 18.4. The van der Waals surface area contributed by atoms with Crippen LogP contribution < -0.4 is 0 Å². The summed E-state index contributed by atoms with van der Waals surface area (Å²) >= 11 is 1.89. The van der Waals surface area contributed by atoms with E-state index < -0.39 is 0 Å². The van der Waals surface area contributed by atoms with Gasteiger partial charge in [0.15, 0.2) is 0 Å². The molecule has 1 amide bonds. The summed E-state index contributed by atoms with van der Waals surface area (Å²) in [7, 11) is 0. The van der Waals surface area contributed by atoms with Gasteiger partial charge in [-0.05, 0) is 26.0 Å². The summed E-state index contributed by atoms with van der Waals surface area (Å²) in [5, 5.41) is 8.83. The first-order chi connectivity index (χ1) is 9.63. The Hall–Kier alpha value is -1.44. The van der Waals surface area contributed by atoms with E-state index in [1.54, 1.807) is 0 Å². The standard InChI is InChI=1S/C16H19NO2S/c1-12-5-6-14(4-3-8-18)15(10-12)16(19)17-7-9-20-11-13(17)2/h5-6,10,13,18H,7-9,11H2,1-2H3. The van der Waals surface area contributed by atoms with Gasteiger partial charge in [-0.1, -0.05) is 23.5 Å². The Kier molecular flexibility index (Phi) is 5.11. The summed E-state index contributed by atoms with van der Waals surface area (Å²) in [6, 6.07) is 5.93. The predicted molar refractivity (Wildman–Crippen MR) is 83.0 cm³/mol. The first kappa shape index (κ1) is 15.0. The number of carbonyl (C=O) groups excluding carboxylic acids is 1. The van der Waals surface area contributed by atoms with Crippen molar-refractivity contribution in [1.29, 1.82) is 0 Å². The molecular weight excluding hydrogens is 270 g/mol. The summed E-state index contributed by atoms with van der Waals surface area (Å²) in [5.41, 5.74) is 2.38. The first-order valence-corrected chi connectivity index (χ1v) is 7.88.